The molecule has 0 radical (unpaired) electrons. The van der Waals surface area contributed by atoms with Gasteiger partial charge in [-0.15, -0.1) is 0 Å². The van der Waals surface area contributed by atoms with Crippen LogP contribution in [0.5, 0.6) is 11.5 Å². The molecular formula is C16H14F3NO3. The summed E-state index contributed by atoms with van der Waals surface area (Å²) in [6.07, 6.45) is 0. The fourth-order valence-corrected chi connectivity index (χ4v) is 1.95. The number of phenolic OH excluding ortho intramolecular Hbond substituents is 1. The Labute approximate surface area is 130 Å². The zero-order chi connectivity index (χ0) is 17.0. The number of carbonyl (C=O) groups is 1. The Morgan fingerprint density at radius 2 is 1.91 bits per heavy atom. The van der Waals surface area contributed by atoms with Crippen LogP contribution < -0.4 is 10.1 Å². The summed E-state index contributed by atoms with van der Waals surface area (Å²) in [6.45, 7) is 1.88. The minimum absolute atomic E-state index is 0.0765. The first-order chi connectivity index (χ1) is 10.9. The molecule has 0 bridgehead atoms. The third-order valence-electron chi connectivity index (χ3n) is 3.05. The van der Waals surface area contributed by atoms with E-state index in [9.17, 15) is 23.1 Å². The zero-order valence-corrected chi connectivity index (χ0v) is 12.2. The van der Waals surface area contributed by atoms with Gasteiger partial charge in [0.25, 0.3) is 5.91 Å². The smallest absolute Gasteiger partial charge is 0.257 e. The molecule has 0 saturated heterocycles. The normalized spacial score (nSPS) is 10.4. The van der Waals surface area contributed by atoms with Crippen LogP contribution in [0.4, 0.5) is 13.2 Å². The second kappa shape index (κ2) is 7.04. The monoisotopic (exact) mass is 325 g/mol. The van der Waals surface area contributed by atoms with Gasteiger partial charge in [0.05, 0.1) is 6.61 Å². The predicted octanol–water partition coefficient (Wildman–Crippen LogP) is 3.14. The third-order valence-corrected chi connectivity index (χ3v) is 3.05. The predicted molar refractivity (Wildman–Crippen MR) is 76.8 cm³/mol. The number of rotatable bonds is 5. The van der Waals surface area contributed by atoms with Crippen molar-refractivity contribution in [1.29, 1.82) is 0 Å². The number of aromatic hydroxyl groups is 1. The molecule has 0 heterocycles. The zero-order valence-electron chi connectivity index (χ0n) is 12.2. The van der Waals surface area contributed by atoms with Crippen LogP contribution in [0.25, 0.3) is 0 Å². The molecule has 2 rings (SSSR count). The topological polar surface area (TPSA) is 58.6 Å². The highest BCUT2D eigenvalue weighted by Gasteiger charge is 2.20. The fraction of sp³-hybridized carbons (Fsp3) is 0.188. The lowest BCUT2D eigenvalue weighted by atomic mass is 10.1. The SMILES string of the molecule is CCOc1ccc(CNC(=O)c2c(F)ccc(O)c2F)cc1F. The van der Waals surface area contributed by atoms with Crippen LogP contribution in [0.1, 0.15) is 22.8 Å². The highest BCUT2D eigenvalue weighted by molar-refractivity contribution is 5.95. The average molecular weight is 325 g/mol. The Morgan fingerprint density at radius 3 is 2.57 bits per heavy atom. The van der Waals surface area contributed by atoms with Crippen molar-refractivity contribution in [2.45, 2.75) is 13.5 Å². The van der Waals surface area contributed by atoms with Crippen molar-refractivity contribution in [1.82, 2.24) is 5.32 Å². The number of hydrogen-bond acceptors (Lipinski definition) is 3. The van der Waals surface area contributed by atoms with Crippen molar-refractivity contribution >= 4 is 5.91 Å². The Balaban J connectivity index is 2.11. The maximum absolute atomic E-state index is 13.7. The van der Waals surface area contributed by atoms with E-state index >= 15 is 0 Å². The van der Waals surface area contributed by atoms with E-state index in [2.05, 4.69) is 5.32 Å². The van der Waals surface area contributed by atoms with Crippen LogP contribution in [0, 0.1) is 17.5 Å². The van der Waals surface area contributed by atoms with Gasteiger partial charge in [-0.1, -0.05) is 6.07 Å². The second-order valence-electron chi connectivity index (χ2n) is 4.64. The van der Waals surface area contributed by atoms with Gasteiger partial charge in [0, 0.05) is 6.54 Å². The van der Waals surface area contributed by atoms with Gasteiger partial charge in [-0.2, -0.15) is 0 Å². The van der Waals surface area contributed by atoms with E-state index in [4.69, 9.17) is 4.74 Å². The molecule has 2 aromatic carbocycles. The summed E-state index contributed by atoms with van der Waals surface area (Å²) in [5.74, 6) is -4.86. The number of benzene rings is 2. The molecule has 0 aromatic heterocycles. The number of carbonyl (C=O) groups excluding carboxylic acids is 1. The Bertz CT molecular complexity index is 735. The van der Waals surface area contributed by atoms with Crippen molar-refractivity contribution in [3.05, 3.63) is 58.9 Å². The summed E-state index contributed by atoms with van der Waals surface area (Å²) in [7, 11) is 0. The molecule has 122 valence electrons. The Morgan fingerprint density at radius 1 is 1.17 bits per heavy atom. The Kier molecular flexibility index (Phi) is 5.10. The van der Waals surface area contributed by atoms with Crippen molar-refractivity contribution < 1.29 is 27.8 Å². The minimum Gasteiger partial charge on any atom is -0.505 e. The summed E-state index contributed by atoms with van der Waals surface area (Å²) in [5, 5.41) is 11.5. The molecule has 4 nitrogen and oxygen atoms in total. The van der Waals surface area contributed by atoms with E-state index in [0.29, 0.717) is 12.2 Å². The lowest BCUT2D eigenvalue weighted by molar-refractivity contribution is 0.0941. The summed E-state index contributed by atoms with van der Waals surface area (Å²) < 4.78 is 45.8. The van der Waals surface area contributed by atoms with Gasteiger partial charge in [0.2, 0.25) is 0 Å². The van der Waals surface area contributed by atoms with E-state index in [0.717, 1.165) is 18.2 Å². The minimum atomic E-state index is -1.35. The van der Waals surface area contributed by atoms with Crippen LogP contribution in [0.2, 0.25) is 0 Å². The molecule has 0 spiro atoms. The quantitative estimate of drug-likeness (QED) is 0.888. The number of halogens is 3. The standard InChI is InChI=1S/C16H14F3NO3/c1-2-23-13-6-3-9(7-11(13)18)8-20-16(22)14-10(17)4-5-12(21)15(14)19/h3-7,21H,2,8H2,1H3,(H,20,22). The summed E-state index contributed by atoms with van der Waals surface area (Å²) in [5.41, 5.74) is -0.503. The first-order valence-electron chi connectivity index (χ1n) is 6.80. The molecule has 2 N–H and O–H groups in total. The summed E-state index contributed by atoms with van der Waals surface area (Å²) in [6, 6.07) is 5.66. The van der Waals surface area contributed by atoms with Crippen molar-refractivity contribution in [3.63, 3.8) is 0 Å². The van der Waals surface area contributed by atoms with Crippen molar-refractivity contribution in [2.24, 2.45) is 0 Å². The molecule has 1 amide bonds. The van der Waals surface area contributed by atoms with E-state index in [1.54, 1.807) is 6.92 Å². The molecule has 0 aliphatic rings. The van der Waals surface area contributed by atoms with E-state index in [1.165, 1.54) is 12.1 Å². The molecule has 0 fully saturated rings. The molecule has 23 heavy (non-hydrogen) atoms. The van der Waals surface area contributed by atoms with Crippen molar-refractivity contribution in [2.75, 3.05) is 6.61 Å². The van der Waals surface area contributed by atoms with E-state index in [-0.39, 0.29) is 12.3 Å². The molecule has 0 atom stereocenters. The first-order valence-corrected chi connectivity index (χ1v) is 6.80. The van der Waals surface area contributed by atoms with Crippen LogP contribution in [0.15, 0.2) is 30.3 Å². The third kappa shape index (κ3) is 3.74. The maximum atomic E-state index is 13.7. The molecule has 0 saturated carbocycles. The van der Waals surface area contributed by atoms with Gasteiger partial charge in [-0.05, 0) is 36.8 Å². The lowest BCUT2D eigenvalue weighted by Gasteiger charge is -2.09. The number of phenols is 1. The number of nitrogens with one attached hydrogen (secondary N) is 1. The van der Waals surface area contributed by atoms with Crippen molar-refractivity contribution in [3.8, 4) is 11.5 Å². The van der Waals surface area contributed by atoms with Crippen LogP contribution in [-0.4, -0.2) is 17.6 Å². The number of hydrogen-bond donors (Lipinski definition) is 2. The first kappa shape index (κ1) is 16.7. The number of amides is 1. The largest absolute Gasteiger partial charge is 0.505 e. The van der Waals surface area contributed by atoms with E-state index < -0.39 is 34.7 Å². The van der Waals surface area contributed by atoms with Gasteiger partial charge < -0.3 is 15.2 Å². The molecule has 0 aliphatic heterocycles. The molecule has 0 unspecified atom stereocenters. The summed E-state index contributed by atoms with van der Waals surface area (Å²) >= 11 is 0. The van der Waals surface area contributed by atoms with E-state index in [1.807, 2.05) is 0 Å². The molecular weight excluding hydrogens is 311 g/mol. The fourth-order valence-electron chi connectivity index (χ4n) is 1.95. The summed E-state index contributed by atoms with van der Waals surface area (Å²) in [4.78, 5) is 11.8. The molecule has 0 aliphatic carbocycles. The van der Waals surface area contributed by atoms with Crippen LogP contribution in [0.3, 0.4) is 0 Å². The maximum Gasteiger partial charge on any atom is 0.257 e. The average Bonchev–Trinajstić information content (AvgIpc) is 2.52. The van der Waals surface area contributed by atoms with Gasteiger partial charge in [0.1, 0.15) is 11.4 Å². The van der Waals surface area contributed by atoms with Gasteiger partial charge in [0.15, 0.2) is 23.1 Å². The lowest BCUT2D eigenvalue weighted by Crippen LogP contribution is -2.25. The second-order valence-corrected chi connectivity index (χ2v) is 4.64. The van der Waals surface area contributed by atoms with Gasteiger partial charge in [-0.25, -0.2) is 13.2 Å². The van der Waals surface area contributed by atoms with Gasteiger partial charge in [-0.3, -0.25) is 4.79 Å². The molecule has 2 aromatic rings. The van der Waals surface area contributed by atoms with Crippen LogP contribution >= 0.6 is 0 Å². The Hall–Kier alpha value is -2.70. The molecule has 7 heteroatoms. The number of ether oxygens (including phenoxy) is 1. The van der Waals surface area contributed by atoms with Crippen LogP contribution in [-0.2, 0) is 6.54 Å². The highest BCUT2D eigenvalue weighted by atomic mass is 19.1. The van der Waals surface area contributed by atoms with Gasteiger partial charge >= 0.3 is 0 Å². The highest BCUT2D eigenvalue weighted by Crippen LogP contribution is 2.22.